The fourth-order valence-corrected chi connectivity index (χ4v) is 4.18. The molecular weight excluding hydrogens is 396 g/mol. The van der Waals surface area contributed by atoms with Crippen LogP contribution in [0.25, 0.3) is 0 Å². The average Bonchev–Trinajstić information content (AvgIpc) is 3.09. The number of aliphatic carboxylic acids is 1. The van der Waals surface area contributed by atoms with Crippen LogP contribution in [0.3, 0.4) is 0 Å². The normalized spacial score (nSPS) is 20.1. The molecule has 1 fully saturated rings. The van der Waals surface area contributed by atoms with Gasteiger partial charge in [0.2, 0.25) is 5.91 Å². The van der Waals surface area contributed by atoms with Crippen molar-refractivity contribution in [1.29, 1.82) is 0 Å². The van der Waals surface area contributed by atoms with Crippen molar-refractivity contribution in [2.45, 2.75) is 45.1 Å². The molecule has 0 bridgehead atoms. The Kier molecular flexibility index (Phi) is 6.95. The van der Waals surface area contributed by atoms with Crippen LogP contribution in [0.15, 0.2) is 48.5 Å². The van der Waals surface area contributed by atoms with Crippen LogP contribution in [0, 0.1) is 19.8 Å². The first-order valence-electron chi connectivity index (χ1n) is 10.4. The molecule has 2 unspecified atom stereocenters. The van der Waals surface area contributed by atoms with Gasteiger partial charge in [-0.05, 0) is 74.4 Å². The first-order chi connectivity index (χ1) is 14.8. The smallest absolute Gasteiger partial charge is 0.322 e. The van der Waals surface area contributed by atoms with E-state index >= 15 is 0 Å². The lowest BCUT2D eigenvalue weighted by Gasteiger charge is -2.29. The van der Waals surface area contributed by atoms with Gasteiger partial charge in [0.1, 0.15) is 12.3 Å². The van der Waals surface area contributed by atoms with Gasteiger partial charge in [-0.25, -0.2) is 0 Å². The van der Waals surface area contributed by atoms with Crippen molar-refractivity contribution in [3.63, 3.8) is 0 Å². The van der Waals surface area contributed by atoms with Crippen molar-refractivity contribution in [2.75, 3.05) is 11.9 Å². The largest absolute Gasteiger partial charge is 0.480 e. The number of nitrogens with one attached hydrogen (secondary N) is 2. The van der Waals surface area contributed by atoms with E-state index in [1.807, 2.05) is 50.2 Å². The number of benzene rings is 2. The molecule has 1 saturated carbocycles. The molecule has 2 atom stereocenters. The summed E-state index contributed by atoms with van der Waals surface area (Å²) in [7, 11) is 0. The quantitative estimate of drug-likeness (QED) is 0.602. The minimum atomic E-state index is -1.19. The molecule has 2 amide bonds. The Balaban J connectivity index is 1.68. The Morgan fingerprint density at radius 1 is 1.10 bits per heavy atom. The third-order valence-electron chi connectivity index (χ3n) is 5.42. The number of hydrogen-bond acceptors (Lipinski definition) is 4. The van der Waals surface area contributed by atoms with Crippen LogP contribution in [0.4, 0.5) is 5.69 Å². The van der Waals surface area contributed by atoms with Gasteiger partial charge >= 0.3 is 5.97 Å². The maximum atomic E-state index is 12.9. The molecule has 0 radical (unpaired) electrons. The Hall–Kier alpha value is -3.35. The molecule has 0 saturated heterocycles. The number of carbonyl (C=O) groups excluding carboxylic acids is 2. The molecule has 0 aromatic heterocycles. The molecule has 7 heteroatoms. The lowest BCUT2D eigenvalue weighted by atomic mass is 9.96. The van der Waals surface area contributed by atoms with Crippen LogP contribution in [0.1, 0.15) is 36.8 Å². The molecule has 1 aliphatic carbocycles. The lowest BCUT2D eigenvalue weighted by molar-refractivity contribution is -0.142. The highest BCUT2D eigenvalue weighted by molar-refractivity contribution is 5.92. The Labute approximate surface area is 181 Å². The van der Waals surface area contributed by atoms with Gasteiger partial charge in [0.05, 0.1) is 0 Å². The molecule has 7 nitrogen and oxygen atoms in total. The van der Waals surface area contributed by atoms with E-state index < -0.39 is 24.0 Å². The van der Waals surface area contributed by atoms with Crippen molar-refractivity contribution in [1.82, 2.24) is 5.32 Å². The number of carboxylic acid groups (broad SMARTS) is 1. The summed E-state index contributed by atoms with van der Waals surface area (Å²) in [6.07, 6.45) is 1.65. The molecule has 164 valence electrons. The minimum Gasteiger partial charge on any atom is -0.480 e. The molecule has 31 heavy (non-hydrogen) atoms. The fourth-order valence-electron chi connectivity index (χ4n) is 4.18. The summed E-state index contributed by atoms with van der Waals surface area (Å²) in [6, 6.07) is 14.8. The average molecular weight is 424 g/mol. The lowest BCUT2D eigenvalue weighted by Crippen LogP contribution is -2.50. The fraction of sp³-hybridized carbons (Fsp3) is 0.375. The van der Waals surface area contributed by atoms with E-state index in [4.69, 9.17) is 9.84 Å². The third kappa shape index (κ3) is 6.07. The van der Waals surface area contributed by atoms with Crippen LogP contribution in [-0.2, 0) is 14.4 Å². The third-order valence-corrected chi connectivity index (χ3v) is 5.42. The van der Waals surface area contributed by atoms with E-state index in [1.54, 1.807) is 12.1 Å². The summed E-state index contributed by atoms with van der Waals surface area (Å²) in [6.45, 7) is 3.48. The molecule has 0 spiro atoms. The monoisotopic (exact) mass is 424 g/mol. The molecule has 0 heterocycles. The summed E-state index contributed by atoms with van der Waals surface area (Å²) >= 11 is 0. The molecule has 1 aliphatic rings. The van der Waals surface area contributed by atoms with Gasteiger partial charge < -0.3 is 20.5 Å². The molecule has 2 aromatic carbocycles. The zero-order valence-electron chi connectivity index (χ0n) is 17.8. The summed E-state index contributed by atoms with van der Waals surface area (Å²) in [4.78, 5) is 36.4. The predicted molar refractivity (Wildman–Crippen MR) is 117 cm³/mol. The van der Waals surface area contributed by atoms with Crippen LogP contribution in [-0.4, -0.2) is 35.0 Å². The van der Waals surface area contributed by atoms with Crippen LogP contribution in [0.2, 0.25) is 0 Å². The zero-order chi connectivity index (χ0) is 22.4. The Bertz CT molecular complexity index is 939. The molecule has 3 N–H and O–H groups in total. The van der Waals surface area contributed by atoms with Gasteiger partial charge in [0.15, 0.2) is 5.60 Å². The van der Waals surface area contributed by atoms with E-state index in [0.717, 1.165) is 16.8 Å². The summed E-state index contributed by atoms with van der Waals surface area (Å²) in [5.74, 6) is -1.21. The predicted octanol–water partition coefficient (Wildman–Crippen LogP) is 3.45. The van der Waals surface area contributed by atoms with Gasteiger partial charge in [-0.15, -0.1) is 0 Å². The SMILES string of the molecule is Cc1cc(C)cc(NC(=O)CC2CCC(Oc3ccccc3)(C(=O)NCC(=O)O)C2)c1. The van der Waals surface area contributed by atoms with Crippen LogP contribution < -0.4 is 15.4 Å². The summed E-state index contributed by atoms with van der Waals surface area (Å²) in [5, 5.41) is 14.3. The number of hydrogen-bond donors (Lipinski definition) is 3. The highest BCUT2D eigenvalue weighted by atomic mass is 16.5. The molecule has 2 aromatic rings. The highest BCUT2D eigenvalue weighted by Gasteiger charge is 2.48. The number of aryl methyl sites for hydroxylation is 2. The number of rotatable bonds is 8. The van der Waals surface area contributed by atoms with Crippen LogP contribution >= 0.6 is 0 Å². The summed E-state index contributed by atoms with van der Waals surface area (Å²) < 4.78 is 6.08. The van der Waals surface area contributed by atoms with Crippen molar-refractivity contribution < 1.29 is 24.2 Å². The van der Waals surface area contributed by atoms with Gasteiger partial charge in [-0.3, -0.25) is 14.4 Å². The zero-order valence-corrected chi connectivity index (χ0v) is 17.8. The summed E-state index contributed by atoms with van der Waals surface area (Å²) in [5.41, 5.74) is 1.70. The van der Waals surface area contributed by atoms with E-state index in [2.05, 4.69) is 10.6 Å². The van der Waals surface area contributed by atoms with Crippen molar-refractivity contribution in [2.24, 2.45) is 5.92 Å². The maximum absolute atomic E-state index is 12.9. The Morgan fingerprint density at radius 2 is 1.77 bits per heavy atom. The Morgan fingerprint density at radius 3 is 2.42 bits per heavy atom. The number of carbonyl (C=O) groups is 3. The maximum Gasteiger partial charge on any atom is 0.322 e. The van der Waals surface area contributed by atoms with Crippen molar-refractivity contribution in [3.05, 3.63) is 59.7 Å². The number of para-hydroxylation sites is 1. The van der Waals surface area contributed by atoms with Gasteiger partial charge in [0.25, 0.3) is 5.91 Å². The van der Waals surface area contributed by atoms with Crippen molar-refractivity contribution in [3.8, 4) is 5.75 Å². The van der Waals surface area contributed by atoms with Crippen molar-refractivity contribution >= 4 is 23.5 Å². The number of amides is 2. The van der Waals surface area contributed by atoms with Gasteiger partial charge in [-0.1, -0.05) is 24.3 Å². The number of ether oxygens (including phenoxy) is 1. The standard InChI is InChI=1S/C24H28N2O5/c1-16-10-17(2)12-19(11-16)26-21(27)13-18-8-9-24(14-18,23(30)25-15-22(28)29)31-20-6-4-3-5-7-20/h3-7,10-12,18H,8-9,13-15H2,1-2H3,(H,25,30)(H,26,27)(H,28,29). The van der Waals surface area contributed by atoms with E-state index in [0.29, 0.717) is 25.0 Å². The van der Waals surface area contributed by atoms with Gasteiger partial charge in [-0.2, -0.15) is 0 Å². The first-order valence-corrected chi connectivity index (χ1v) is 10.4. The van der Waals surface area contributed by atoms with E-state index in [1.165, 1.54) is 0 Å². The van der Waals surface area contributed by atoms with Gasteiger partial charge in [0, 0.05) is 12.1 Å². The molecule has 3 rings (SSSR count). The second-order valence-corrected chi connectivity index (χ2v) is 8.22. The topological polar surface area (TPSA) is 105 Å². The first kappa shape index (κ1) is 22.3. The second kappa shape index (κ2) is 9.64. The molecular formula is C24H28N2O5. The highest BCUT2D eigenvalue weighted by Crippen LogP contribution is 2.40. The number of carboxylic acids is 1. The second-order valence-electron chi connectivity index (χ2n) is 8.22. The van der Waals surface area contributed by atoms with E-state index in [9.17, 15) is 14.4 Å². The molecule has 0 aliphatic heterocycles. The number of anilines is 1. The minimum absolute atomic E-state index is 0.0507. The van der Waals surface area contributed by atoms with E-state index in [-0.39, 0.29) is 18.2 Å². The van der Waals surface area contributed by atoms with Crippen LogP contribution in [0.5, 0.6) is 5.75 Å².